The summed E-state index contributed by atoms with van der Waals surface area (Å²) >= 11 is 0. The molecular formula is C18H22N4O. The molecule has 0 radical (unpaired) electrons. The molecule has 3 heterocycles. The van der Waals surface area contributed by atoms with Crippen LogP contribution in [-0.4, -0.2) is 47.5 Å². The fourth-order valence-electron chi connectivity index (χ4n) is 2.80. The number of rotatable bonds is 5. The van der Waals surface area contributed by atoms with Crippen LogP contribution in [0.4, 0.5) is 5.69 Å². The van der Waals surface area contributed by atoms with E-state index in [2.05, 4.69) is 14.9 Å². The third-order valence-electron chi connectivity index (χ3n) is 4.29. The van der Waals surface area contributed by atoms with Gasteiger partial charge in [-0.15, -0.1) is 0 Å². The van der Waals surface area contributed by atoms with E-state index in [4.69, 9.17) is 0 Å². The van der Waals surface area contributed by atoms with E-state index in [1.807, 2.05) is 48.6 Å². The van der Waals surface area contributed by atoms with Crippen LogP contribution < -0.4 is 4.90 Å². The maximum atomic E-state index is 12.3. The van der Waals surface area contributed by atoms with Crippen molar-refractivity contribution >= 4 is 11.6 Å². The molecule has 0 saturated carbocycles. The zero-order valence-corrected chi connectivity index (χ0v) is 13.5. The molecule has 1 fully saturated rings. The Morgan fingerprint density at radius 3 is 2.57 bits per heavy atom. The fraction of sp³-hybridized carbons (Fsp3) is 0.389. The van der Waals surface area contributed by atoms with Gasteiger partial charge in [-0.25, -0.2) is 4.98 Å². The number of likely N-dealkylation sites (tertiary alicyclic amines) is 1. The highest BCUT2D eigenvalue weighted by Crippen LogP contribution is 2.15. The van der Waals surface area contributed by atoms with Crippen molar-refractivity contribution < 1.29 is 4.79 Å². The lowest BCUT2D eigenvalue weighted by molar-refractivity contribution is 0.0787. The van der Waals surface area contributed by atoms with Crippen molar-refractivity contribution in [3.63, 3.8) is 0 Å². The molecule has 120 valence electrons. The molecule has 0 bridgehead atoms. The first kappa shape index (κ1) is 15.5. The summed E-state index contributed by atoms with van der Waals surface area (Å²) in [5.41, 5.74) is 2.83. The van der Waals surface area contributed by atoms with E-state index in [9.17, 15) is 4.79 Å². The maximum Gasteiger partial charge on any atom is 0.272 e. The van der Waals surface area contributed by atoms with Gasteiger partial charge in [0.1, 0.15) is 5.69 Å². The Hall–Kier alpha value is -2.43. The smallest absolute Gasteiger partial charge is 0.272 e. The third kappa shape index (κ3) is 3.86. The van der Waals surface area contributed by atoms with Gasteiger partial charge in [-0.05, 0) is 49.1 Å². The molecule has 0 aliphatic carbocycles. The summed E-state index contributed by atoms with van der Waals surface area (Å²) in [7, 11) is 2.04. The van der Waals surface area contributed by atoms with Crippen LogP contribution >= 0.6 is 0 Å². The van der Waals surface area contributed by atoms with Crippen LogP contribution in [0, 0.1) is 0 Å². The minimum absolute atomic E-state index is 0.0495. The Morgan fingerprint density at radius 1 is 1.17 bits per heavy atom. The molecule has 0 aromatic carbocycles. The second kappa shape index (κ2) is 7.22. The Balaban J connectivity index is 1.58. The number of amides is 1. The van der Waals surface area contributed by atoms with Crippen molar-refractivity contribution in [1.82, 2.24) is 14.9 Å². The average molecular weight is 310 g/mol. The summed E-state index contributed by atoms with van der Waals surface area (Å²) < 4.78 is 0. The zero-order chi connectivity index (χ0) is 16.1. The van der Waals surface area contributed by atoms with Crippen molar-refractivity contribution in [2.24, 2.45) is 0 Å². The Bertz CT molecular complexity index is 636. The van der Waals surface area contributed by atoms with Gasteiger partial charge in [-0.1, -0.05) is 0 Å². The predicted octanol–water partition coefficient (Wildman–Crippen LogP) is 2.39. The number of pyridine rings is 2. The fourth-order valence-corrected chi connectivity index (χ4v) is 2.80. The first-order valence-electron chi connectivity index (χ1n) is 8.09. The van der Waals surface area contributed by atoms with Gasteiger partial charge in [0, 0.05) is 39.1 Å². The second-order valence-corrected chi connectivity index (χ2v) is 5.93. The van der Waals surface area contributed by atoms with E-state index in [0.717, 1.165) is 44.6 Å². The SMILES string of the molecule is CN(CCc1ccncc1)c1ccc(C(=O)N2CCCC2)nc1. The molecule has 5 heteroatoms. The van der Waals surface area contributed by atoms with Gasteiger partial charge in [0.05, 0.1) is 11.9 Å². The summed E-state index contributed by atoms with van der Waals surface area (Å²) in [5, 5.41) is 0. The monoisotopic (exact) mass is 310 g/mol. The minimum atomic E-state index is 0.0495. The van der Waals surface area contributed by atoms with E-state index < -0.39 is 0 Å². The molecule has 2 aromatic rings. The highest BCUT2D eigenvalue weighted by molar-refractivity contribution is 5.92. The number of hydrogen-bond donors (Lipinski definition) is 0. The molecule has 5 nitrogen and oxygen atoms in total. The zero-order valence-electron chi connectivity index (χ0n) is 13.5. The molecule has 0 N–H and O–H groups in total. The van der Waals surface area contributed by atoms with E-state index in [0.29, 0.717) is 5.69 Å². The molecule has 1 amide bonds. The van der Waals surface area contributed by atoms with Gasteiger partial charge in [-0.3, -0.25) is 9.78 Å². The van der Waals surface area contributed by atoms with Gasteiger partial charge in [0.15, 0.2) is 0 Å². The third-order valence-corrected chi connectivity index (χ3v) is 4.29. The predicted molar refractivity (Wildman–Crippen MR) is 90.6 cm³/mol. The van der Waals surface area contributed by atoms with Crippen LogP contribution in [0.3, 0.4) is 0 Å². The highest BCUT2D eigenvalue weighted by Gasteiger charge is 2.20. The molecule has 0 unspecified atom stereocenters. The highest BCUT2D eigenvalue weighted by atomic mass is 16.2. The van der Waals surface area contributed by atoms with Gasteiger partial charge < -0.3 is 9.80 Å². The van der Waals surface area contributed by atoms with Gasteiger partial charge in [0.2, 0.25) is 0 Å². The van der Waals surface area contributed by atoms with Crippen molar-refractivity contribution in [3.05, 3.63) is 54.1 Å². The van der Waals surface area contributed by atoms with Crippen molar-refractivity contribution in [3.8, 4) is 0 Å². The van der Waals surface area contributed by atoms with Gasteiger partial charge in [0.25, 0.3) is 5.91 Å². The molecule has 1 aliphatic rings. The van der Waals surface area contributed by atoms with Crippen LogP contribution in [0.2, 0.25) is 0 Å². The summed E-state index contributed by atoms with van der Waals surface area (Å²) in [6, 6.07) is 7.87. The van der Waals surface area contributed by atoms with E-state index in [1.54, 1.807) is 6.20 Å². The van der Waals surface area contributed by atoms with Crippen LogP contribution in [0.1, 0.15) is 28.9 Å². The maximum absolute atomic E-state index is 12.3. The molecule has 2 aromatic heterocycles. The van der Waals surface area contributed by atoms with Crippen LogP contribution in [0.5, 0.6) is 0 Å². The normalized spacial score (nSPS) is 14.0. The van der Waals surface area contributed by atoms with E-state index in [1.165, 1.54) is 5.56 Å². The number of aromatic nitrogens is 2. The number of nitrogens with zero attached hydrogens (tertiary/aromatic N) is 4. The largest absolute Gasteiger partial charge is 0.373 e. The molecule has 23 heavy (non-hydrogen) atoms. The average Bonchev–Trinajstić information content (AvgIpc) is 3.15. The standard InChI is InChI=1S/C18H22N4O/c1-21(13-8-15-6-9-19-10-7-15)16-4-5-17(20-14-16)18(23)22-11-2-3-12-22/h4-7,9-10,14H,2-3,8,11-13H2,1H3. The number of likely N-dealkylation sites (N-methyl/N-ethyl adjacent to an activating group) is 1. The molecule has 1 saturated heterocycles. The molecule has 3 rings (SSSR count). The minimum Gasteiger partial charge on any atom is -0.373 e. The Morgan fingerprint density at radius 2 is 1.91 bits per heavy atom. The Labute approximate surface area is 137 Å². The first-order chi connectivity index (χ1) is 11.2. The topological polar surface area (TPSA) is 49.3 Å². The number of hydrogen-bond acceptors (Lipinski definition) is 4. The number of carbonyl (C=O) groups excluding carboxylic acids is 1. The number of carbonyl (C=O) groups is 1. The van der Waals surface area contributed by atoms with E-state index >= 15 is 0 Å². The van der Waals surface area contributed by atoms with E-state index in [-0.39, 0.29) is 5.91 Å². The quantitative estimate of drug-likeness (QED) is 0.851. The van der Waals surface area contributed by atoms with Gasteiger partial charge >= 0.3 is 0 Å². The van der Waals surface area contributed by atoms with Crippen molar-refractivity contribution in [2.75, 3.05) is 31.6 Å². The molecule has 0 atom stereocenters. The molecular weight excluding hydrogens is 288 g/mol. The van der Waals surface area contributed by atoms with Crippen LogP contribution in [-0.2, 0) is 6.42 Å². The van der Waals surface area contributed by atoms with Crippen LogP contribution in [0.15, 0.2) is 42.9 Å². The van der Waals surface area contributed by atoms with Crippen molar-refractivity contribution in [2.45, 2.75) is 19.3 Å². The lowest BCUT2D eigenvalue weighted by Gasteiger charge is -2.20. The first-order valence-corrected chi connectivity index (χ1v) is 8.09. The summed E-state index contributed by atoms with van der Waals surface area (Å²) in [6.45, 7) is 2.60. The van der Waals surface area contributed by atoms with Gasteiger partial charge in [-0.2, -0.15) is 0 Å². The van der Waals surface area contributed by atoms with Crippen LogP contribution in [0.25, 0.3) is 0 Å². The molecule has 0 spiro atoms. The second-order valence-electron chi connectivity index (χ2n) is 5.93. The molecule has 1 aliphatic heterocycles. The summed E-state index contributed by atoms with van der Waals surface area (Å²) in [4.78, 5) is 24.7. The number of anilines is 1. The summed E-state index contributed by atoms with van der Waals surface area (Å²) in [6.07, 6.45) is 8.57. The lowest BCUT2D eigenvalue weighted by atomic mass is 10.2. The van der Waals surface area contributed by atoms with Crippen molar-refractivity contribution in [1.29, 1.82) is 0 Å². The summed E-state index contributed by atoms with van der Waals surface area (Å²) in [5.74, 6) is 0.0495. The Kier molecular flexibility index (Phi) is 4.86. The lowest BCUT2D eigenvalue weighted by Crippen LogP contribution is -2.28.